The van der Waals surface area contributed by atoms with Crippen molar-refractivity contribution in [3.05, 3.63) is 23.8 Å². The molecule has 3 unspecified atom stereocenters. The van der Waals surface area contributed by atoms with E-state index in [-0.39, 0.29) is 12.3 Å². The number of rotatable bonds is 8. The minimum absolute atomic E-state index is 0.170. The first-order chi connectivity index (χ1) is 12.4. The second-order valence-electron chi connectivity index (χ2n) is 6.56. The maximum Gasteiger partial charge on any atom is 0.315 e. The normalized spacial score (nSPS) is 27.9. The van der Waals surface area contributed by atoms with Crippen LogP contribution in [0.5, 0.6) is 0 Å². The van der Waals surface area contributed by atoms with Gasteiger partial charge in [0.25, 0.3) is 0 Å². The van der Waals surface area contributed by atoms with Gasteiger partial charge in [0.15, 0.2) is 6.23 Å². The Labute approximate surface area is 155 Å². The predicted molar refractivity (Wildman–Crippen MR) is 101 cm³/mol. The highest BCUT2D eigenvalue weighted by Crippen LogP contribution is 2.49. The molecule has 0 aliphatic carbocycles. The van der Waals surface area contributed by atoms with Crippen molar-refractivity contribution in [3.8, 4) is 0 Å². The van der Waals surface area contributed by atoms with E-state index in [1.54, 1.807) is 23.1 Å². The van der Waals surface area contributed by atoms with Gasteiger partial charge in [-0.2, -0.15) is 5.54 Å². The lowest BCUT2D eigenvalue weighted by Crippen LogP contribution is -2.38. The molecule has 2 fully saturated rings. The van der Waals surface area contributed by atoms with Crippen LogP contribution in [0.4, 0.5) is 4.48 Å². The van der Waals surface area contributed by atoms with Crippen molar-refractivity contribution < 1.29 is 23.5 Å². The summed E-state index contributed by atoms with van der Waals surface area (Å²) < 4.78 is 38.5. The lowest BCUT2D eigenvalue weighted by atomic mass is 10.1. The maximum atomic E-state index is 12.8. The molecule has 0 saturated carbocycles. The van der Waals surface area contributed by atoms with E-state index in [2.05, 4.69) is 10.8 Å². The molecule has 0 aromatic carbocycles. The molecule has 0 aromatic heterocycles. The number of hydrogen-bond acceptors (Lipinski definition) is 7. The van der Waals surface area contributed by atoms with Gasteiger partial charge in [-0.05, 0) is 31.5 Å². The molecule has 2 rings (SSSR count). The van der Waals surface area contributed by atoms with E-state index in [1.807, 2.05) is 6.92 Å². The average molecular weight is 410 g/mol. The summed E-state index contributed by atoms with van der Waals surface area (Å²) in [6.45, 7) is 4.92. The third-order valence-electron chi connectivity index (χ3n) is 4.32. The van der Waals surface area contributed by atoms with Crippen molar-refractivity contribution in [3.63, 3.8) is 0 Å². The number of piperidine rings is 1. The Hall–Kier alpha value is -0.690. The van der Waals surface area contributed by atoms with Crippen molar-refractivity contribution in [2.75, 3.05) is 38.6 Å². The molecule has 0 radical (unpaired) electrons. The van der Waals surface area contributed by atoms with Gasteiger partial charge in [0, 0.05) is 44.7 Å². The molecule has 2 aliphatic rings. The molecule has 3 atom stereocenters. The maximum absolute atomic E-state index is 12.8. The molecule has 4 N–H and O–H groups in total. The molecule has 2 heterocycles. The molecule has 0 aromatic rings. The number of hydrogen-bond donors (Lipinski definition) is 4. The van der Waals surface area contributed by atoms with E-state index in [0.29, 0.717) is 46.8 Å². The molecule has 26 heavy (non-hydrogen) atoms. The molecule has 2 saturated heterocycles. The smallest absolute Gasteiger partial charge is 0.315 e. The van der Waals surface area contributed by atoms with Gasteiger partial charge in [0.05, 0.1) is 0 Å². The number of nitrogens with zero attached hydrogens (tertiary/aromatic N) is 1. The summed E-state index contributed by atoms with van der Waals surface area (Å²) in [5, 5.41) is 11.8. The quantitative estimate of drug-likeness (QED) is 0.209. The Bertz CT molecular complexity index is 556. The van der Waals surface area contributed by atoms with Gasteiger partial charge in [-0.3, -0.25) is 4.57 Å². The fourth-order valence-electron chi connectivity index (χ4n) is 2.73. The highest BCUT2D eigenvalue weighted by Gasteiger charge is 2.31. The van der Waals surface area contributed by atoms with Crippen LogP contribution in [-0.4, -0.2) is 60.8 Å². The summed E-state index contributed by atoms with van der Waals surface area (Å²) in [6.07, 6.45) is 5.93. The third-order valence-corrected chi connectivity index (χ3v) is 7.50. The van der Waals surface area contributed by atoms with E-state index >= 15 is 0 Å². The zero-order chi connectivity index (χ0) is 19.0. The number of allylic oxidation sites excluding steroid dienone is 1. The molecule has 2 aliphatic heterocycles. The van der Waals surface area contributed by atoms with Gasteiger partial charge in [0.2, 0.25) is 0 Å². The number of ether oxygens (including phenoxy) is 1. The van der Waals surface area contributed by atoms with Crippen molar-refractivity contribution in [2.45, 2.75) is 32.0 Å². The van der Waals surface area contributed by atoms with Crippen LogP contribution in [0, 0.1) is 0 Å². The van der Waals surface area contributed by atoms with Crippen molar-refractivity contribution >= 4 is 16.1 Å². The van der Waals surface area contributed by atoms with Crippen LogP contribution in [0.25, 0.3) is 0 Å². The summed E-state index contributed by atoms with van der Waals surface area (Å²) in [5.74, 6) is 0.667. The van der Waals surface area contributed by atoms with Crippen LogP contribution in [0.3, 0.4) is 0 Å². The van der Waals surface area contributed by atoms with Gasteiger partial charge >= 0.3 is 7.52 Å². The molecule has 0 amide bonds. The molecule has 0 bridgehead atoms. The molecule has 11 heteroatoms. The van der Waals surface area contributed by atoms with E-state index in [9.17, 15) is 9.05 Å². The third kappa shape index (κ3) is 6.80. The Morgan fingerprint density at radius 2 is 2.27 bits per heavy atom. The largest absolute Gasteiger partial charge is 0.471 e. The summed E-state index contributed by atoms with van der Waals surface area (Å²) in [6, 6.07) is -0.170. The average Bonchev–Trinajstić information content (AvgIpc) is 2.65. The minimum atomic E-state index is -2.97. The Kier molecular flexibility index (Phi) is 8.80. The van der Waals surface area contributed by atoms with E-state index in [0.717, 1.165) is 17.9 Å². The number of hydroxylamine groups is 1. The second-order valence-corrected chi connectivity index (χ2v) is 10.2. The zero-order valence-electron chi connectivity index (χ0n) is 15.2. The topological polar surface area (TPSA) is 95.1 Å². The van der Waals surface area contributed by atoms with E-state index in [4.69, 9.17) is 14.5 Å². The summed E-state index contributed by atoms with van der Waals surface area (Å²) in [5.41, 5.74) is 4.81. The van der Waals surface area contributed by atoms with Gasteiger partial charge in [-0.25, -0.2) is 10.2 Å². The second kappa shape index (κ2) is 10.6. The van der Waals surface area contributed by atoms with Crippen molar-refractivity contribution in [2.24, 2.45) is 0 Å². The summed E-state index contributed by atoms with van der Waals surface area (Å²) >= 11 is 0. The first-order valence-electron chi connectivity index (χ1n) is 8.67. The fourth-order valence-corrected chi connectivity index (χ4v) is 5.15. The van der Waals surface area contributed by atoms with Crippen LogP contribution >= 0.6 is 16.1 Å². The molecule has 150 valence electrons. The first-order valence-corrected chi connectivity index (χ1v) is 12.1. The number of halogens is 1. The van der Waals surface area contributed by atoms with Crippen LogP contribution < -0.4 is 16.3 Å². The standard InChI is InChI=1S/C15H29FN4O4P2/c1-12(8-18-21)7-17-15-11-25-10-14(24-15)9-23-26(2,22)20-5-3-13(19-16)4-6-20/h7,9,13,15,17-19,21,25H,3-6,8,10-11H2,1-2H3/b12-7-,14-9?. The molecule has 0 spiro atoms. The van der Waals surface area contributed by atoms with Gasteiger partial charge < -0.3 is 19.8 Å². The van der Waals surface area contributed by atoms with Crippen molar-refractivity contribution in [1.29, 1.82) is 0 Å². The Morgan fingerprint density at radius 3 is 2.92 bits per heavy atom. The monoisotopic (exact) mass is 410 g/mol. The molecular weight excluding hydrogens is 381 g/mol. The Balaban J connectivity index is 1.84. The van der Waals surface area contributed by atoms with E-state index in [1.165, 1.54) is 6.26 Å². The summed E-state index contributed by atoms with van der Waals surface area (Å²) in [7, 11) is -2.29. The van der Waals surface area contributed by atoms with Crippen LogP contribution in [0.2, 0.25) is 0 Å². The predicted octanol–water partition coefficient (Wildman–Crippen LogP) is 2.11. The van der Waals surface area contributed by atoms with Crippen LogP contribution in [0.15, 0.2) is 23.8 Å². The lowest BCUT2D eigenvalue weighted by Gasteiger charge is -2.34. The SMILES string of the molecule is C/C(=C/NC1CPCC(=COP(C)(=O)N2CCC(NF)CC2)O1)CNO. The minimum Gasteiger partial charge on any atom is -0.471 e. The van der Waals surface area contributed by atoms with Gasteiger partial charge in [-0.1, -0.05) is 0 Å². The fraction of sp³-hybridized carbons (Fsp3) is 0.733. The Morgan fingerprint density at radius 1 is 1.54 bits per heavy atom. The zero-order valence-corrected chi connectivity index (χ0v) is 17.1. The van der Waals surface area contributed by atoms with Gasteiger partial charge in [-0.15, -0.1) is 13.1 Å². The van der Waals surface area contributed by atoms with Crippen molar-refractivity contribution in [1.82, 2.24) is 21.0 Å². The molecular formula is C15H29FN4O4P2. The first kappa shape index (κ1) is 21.6. The highest BCUT2D eigenvalue weighted by molar-refractivity contribution is 7.55. The molecule has 8 nitrogen and oxygen atoms in total. The highest BCUT2D eigenvalue weighted by atomic mass is 31.2. The van der Waals surface area contributed by atoms with Crippen LogP contribution in [0.1, 0.15) is 19.8 Å². The number of nitrogens with one attached hydrogen (secondary N) is 3. The summed E-state index contributed by atoms with van der Waals surface area (Å²) in [4.78, 5) is 0. The van der Waals surface area contributed by atoms with E-state index < -0.39 is 7.52 Å². The van der Waals surface area contributed by atoms with Gasteiger partial charge in [0.1, 0.15) is 12.0 Å². The van der Waals surface area contributed by atoms with Crippen LogP contribution in [-0.2, 0) is 13.8 Å². The lowest BCUT2D eigenvalue weighted by molar-refractivity contribution is 0.108.